The van der Waals surface area contributed by atoms with Gasteiger partial charge in [-0.05, 0) is 18.4 Å². The monoisotopic (exact) mass is 370 g/mol. The number of aromatic amines is 1. The van der Waals surface area contributed by atoms with Crippen molar-refractivity contribution in [2.75, 3.05) is 6.61 Å². The van der Waals surface area contributed by atoms with Gasteiger partial charge < -0.3 is 9.47 Å². The van der Waals surface area contributed by atoms with Gasteiger partial charge in [-0.15, -0.1) is 0 Å². The lowest BCUT2D eigenvalue weighted by Crippen LogP contribution is -2.43. The van der Waals surface area contributed by atoms with Gasteiger partial charge in [-0.1, -0.05) is 30.3 Å². The Kier molecular flexibility index (Phi) is 5.28. The number of hydrogen-bond donors (Lipinski definition) is 1. The molecule has 0 bridgehead atoms. The third kappa shape index (κ3) is 3.73. The summed E-state index contributed by atoms with van der Waals surface area (Å²) in [5.74, 6) is -1.19. The zero-order chi connectivity index (χ0) is 18.7. The molecule has 0 spiro atoms. The molecule has 1 fully saturated rings. The van der Waals surface area contributed by atoms with Crippen molar-refractivity contribution in [3.63, 3.8) is 0 Å². The van der Waals surface area contributed by atoms with Gasteiger partial charge in [0.15, 0.2) is 5.60 Å². The van der Waals surface area contributed by atoms with Gasteiger partial charge in [0, 0.05) is 0 Å². The second-order valence-electron chi connectivity index (χ2n) is 6.10. The van der Waals surface area contributed by atoms with Crippen LogP contribution in [-0.2, 0) is 16.1 Å². The van der Waals surface area contributed by atoms with Crippen LogP contribution >= 0.6 is 0 Å². The summed E-state index contributed by atoms with van der Waals surface area (Å²) in [7, 11) is 0. The molecule has 0 saturated carbocycles. The molecular formula is C17H17F3N2O4. The Bertz CT molecular complexity index is 868. The number of halogens is 3. The number of nitrogens with zero attached hydrogens (tertiary/aromatic N) is 1. The summed E-state index contributed by atoms with van der Waals surface area (Å²) in [6, 6.07) is 9.05. The van der Waals surface area contributed by atoms with Gasteiger partial charge in [0.2, 0.25) is 5.82 Å². The Morgan fingerprint density at radius 2 is 2.04 bits per heavy atom. The van der Waals surface area contributed by atoms with Gasteiger partial charge in [-0.3, -0.25) is 14.3 Å². The maximum atomic E-state index is 13.6. The molecule has 1 aliphatic heterocycles. The van der Waals surface area contributed by atoms with E-state index < -0.39 is 35.3 Å². The first kappa shape index (κ1) is 18.4. The first-order valence-corrected chi connectivity index (χ1v) is 8.00. The Morgan fingerprint density at radius 1 is 1.31 bits per heavy atom. The topological polar surface area (TPSA) is 73.3 Å². The SMILES string of the molecule is O=c1[nH]c(=O)n([C@H]2CC[C@](COCc3ccccc3)(C(F)F)O2)cc1F. The van der Waals surface area contributed by atoms with Crippen LogP contribution in [0.5, 0.6) is 0 Å². The quantitative estimate of drug-likeness (QED) is 0.846. The summed E-state index contributed by atoms with van der Waals surface area (Å²) in [5.41, 5.74) is -3.16. The van der Waals surface area contributed by atoms with Crippen molar-refractivity contribution < 1.29 is 22.6 Å². The van der Waals surface area contributed by atoms with Gasteiger partial charge in [-0.2, -0.15) is 4.39 Å². The Balaban J connectivity index is 1.72. The maximum Gasteiger partial charge on any atom is 0.330 e. The van der Waals surface area contributed by atoms with E-state index in [1.807, 2.05) is 6.07 Å². The fourth-order valence-electron chi connectivity index (χ4n) is 2.87. The minimum atomic E-state index is -2.86. The molecule has 2 heterocycles. The molecule has 3 rings (SSSR count). The standard InChI is InChI=1S/C17H17F3N2O4/c18-12-8-22(16(24)21-14(12)23)13-6-7-17(26-13,15(19)20)10-25-9-11-4-2-1-3-5-11/h1-5,8,13,15H,6-7,9-10H2,(H,21,23,24)/t13-,17+/m1/s1. The van der Waals surface area contributed by atoms with E-state index in [4.69, 9.17) is 9.47 Å². The number of aromatic nitrogens is 2. The lowest BCUT2D eigenvalue weighted by atomic mass is 10.0. The van der Waals surface area contributed by atoms with E-state index in [0.717, 1.165) is 10.1 Å². The van der Waals surface area contributed by atoms with Gasteiger partial charge in [0.05, 0.1) is 19.4 Å². The highest BCUT2D eigenvalue weighted by atomic mass is 19.3. The Hall–Kier alpha value is -2.39. The number of benzene rings is 1. The van der Waals surface area contributed by atoms with Crippen molar-refractivity contribution in [3.8, 4) is 0 Å². The lowest BCUT2D eigenvalue weighted by Gasteiger charge is -2.28. The first-order valence-electron chi connectivity index (χ1n) is 8.00. The average molecular weight is 370 g/mol. The molecule has 1 aliphatic rings. The largest absolute Gasteiger partial charge is 0.374 e. The molecule has 0 unspecified atom stereocenters. The maximum absolute atomic E-state index is 13.6. The van der Waals surface area contributed by atoms with Crippen LogP contribution in [0.1, 0.15) is 24.6 Å². The van der Waals surface area contributed by atoms with E-state index in [1.54, 1.807) is 29.2 Å². The molecule has 6 nitrogen and oxygen atoms in total. The molecule has 140 valence electrons. The van der Waals surface area contributed by atoms with E-state index in [9.17, 15) is 22.8 Å². The van der Waals surface area contributed by atoms with Crippen LogP contribution in [0.2, 0.25) is 0 Å². The molecule has 0 radical (unpaired) electrons. The third-order valence-corrected chi connectivity index (χ3v) is 4.28. The molecule has 2 atom stereocenters. The highest BCUT2D eigenvalue weighted by molar-refractivity contribution is 5.13. The highest BCUT2D eigenvalue weighted by Crippen LogP contribution is 2.40. The molecular weight excluding hydrogens is 353 g/mol. The van der Waals surface area contributed by atoms with Gasteiger partial charge in [-0.25, -0.2) is 13.6 Å². The van der Waals surface area contributed by atoms with Crippen molar-refractivity contribution >= 4 is 0 Å². The smallest absolute Gasteiger partial charge is 0.330 e. The van der Waals surface area contributed by atoms with Crippen molar-refractivity contribution in [1.29, 1.82) is 0 Å². The number of ether oxygens (including phenoxy) is 2. The number of rotatable bonds is 6. The first-order chi connectivity index (χ1) is 12.4. The van der Waals surface area contributed by atoms with Crippen molar-refractivity contribution in [2.45, 2.75) is 37.7 Å². The summed E-state index contributed by atoms with van der Waals surface area (Å²) in [5, 5.41) is 0. The molecule has 1 aromatic carbocycles. The van der Waals surface area contributed by atoms with Crippen LogP contribution in [-0.4, -0.2) is 28.2 Å². The fourth-order valence-corrected chi connectivity index (χ4v) is 2.87. The third-order valence-electron chi connectivity index (χ3n) is 4.28. The second kappa shape index (κ2) is 7.46. The van der Waals surface area contributed by atoms with Crippen LogP contribution in [0.4, 0.5) is 13.2 Å². The molecule has 1 N–H and O–H groups in total. The number of nitrogens with one attached hydrogen (secondary N) is 1. The Labute approximate surface area is 146 Å². The van der Waals surface area contributed by atoms with Gasteiger partial charge in [0.25, 0.3) is 12.0 Å². The highest BCUT2D eigenvalue weighted by Gasteiger charge is 2.49. The van der Waals surface area contributed by atoms with Crippen molar-refractivity contribution in [1.82, 2.24) is 9.55 Å². The van der Waals surface area contributed by atoms with Crippen molar-refractivity contribution in [2.24, 2.45) is 0 Å². The molecule has 0 aliphatic carbocycles. The molecule has 0 amide bonds. The normalized spacial score (nSPS) is 22.8. The predicted molar refractivity (Wildman–Crippen MR) is 85.5 cm³/mol. The van der Waals surface area contributed by atoms with E-state index in [-0.39, 0.29) is 26.1 Å². The molecule has 9 heteroatoms. The average Bonchev–Trinajstić information content (AvgIpc) is 3.05. The lowest BCUT2D eigenvalue weighted by molar-refractivity contribution is -0.181. The fraction of sp³-hybridized carbons (Fsp3) is 0.412. The summed E-state index contributed by atoms with van der Waals surface area (Å²) >= 11 is 0. The second-order valence-corrected chi connectivity index (χ2v) is 6.10. The predicted octanol–water partition coefficient (Wildman–Crippen LogP) is 2.21. The van der Waals surface area contributed by atoms with E-state index in [2.05, 4.69) is 0 Å². The van der Waals surface area contributed by atoms with E-state index in [1.165, 1.54) is 0 Å². The molecule has 26 heavy (non-hydrogen) atoms. The Morgan fingerprint density at radius 3 is 2.73 bits per heavy atom. The van der Waals surface area contributed by atoms with Gasteiger partial charge >= 0.3 is 5.69 Å². The summed E-state index contributed by atoms with van der Waals surface area (Å²) < 4.78 is 52.3. The van der Waals surface area contributed by atoms with E-state index >= 15 is 0 Å². The molecule has 1 aromatic heterocycles. The number of alkyl halides is 2. The zero-order valence-corrected chi connectivity index (χ0v) is 13.7. The van der Waals surface area contributed by atoms with Crippen LogP contribution in [0.3, 0.4) is 0 Å². The van der Waals surface area contributed by atoms with Gasteiger partial charge in [0.1, 0.15) is 6.23 Å². The van der Waals surface area contributed by atoms with Crippen LogP contribution < -0.4 is 11.2 Å². The zero-order valence-electron chi connectivity index (χ0n) is 13.7. The molecule has 2 aromatic rings. The minimum absolute atomic E-state index is 0.0599. The summed E-state index contributed by atoms with van der Waals surface area (Å²) in [6.07, 6.45) is -3.31. The van der Waals surface area contributed by atoms with Crippen LogP contribution in [0.25, 0.3) is 0 Å². The van der Waals surface area contributed by atoms with E-state index in [0.29, 0.717) is 6.20 Å². The summed E-state index contributed by atoms with van der Waals surface area (Å²) in [6.45, 7) is -0.243. The molecule has 1 saturated heterocycles. The summed E-state index contributed by atoms with van der Waals surface area (Å²) in [4.78, 5) is 24.7. The number of H-pyrrole nitrogens is 1. The van der Waals surface area contributed by atoms with Crippen LogP contribution in [0, 0.1) is 5.82 Å². The number of hydrogen-bond acceptors (Lipinski definition) is 4. The minimum Gasteiger partial charge on any atom is -0.374 e. The van der Waals surface area contributed by atoms with Crippen molar-refractivity contribution in [3.05, 3.63) is 68.7 Å². The van der Waals surface area contributed by atoms with Crippen LogP contribution in [0.15, 0.2) is 46.1 Å².